The number of nitrogens with two attached hydrogens (primary N) is 1. The molecule has 0 saturated heterocycles. The largest absolute Gasteiger partial charge is 0.305 e. The molecule has 0 amide bonds. The highest BCUT2D eigenvalue weighted by Gasteiger charge is 2.12. The number of aryl methyl sites for hydroxylation is 1. The van der Waals surface area contributed by atoms with Crippen molar-refractivity contribution in [2.75, 3.05) is 6.61 Å². The van der Waals surface area contributed by atoms with Gasteiger partial charge in [-0.2, -0.15) is 0 Å². The number of hydrogen-bond donors (Lipinski definition) is 1. The van der Waals surface area contributed by atoms with Gasteiger partial charge < -0.3 is 4.84 Å². The third-order valence-electron chi connectivity index (χ3n) is 2.55. The lowest BCUT2D eigenvalue weighted by Gasteiger charge is -2.19. The molecule has 0 saturated carbocycles. The highest BCUT2D eigenvalue weighted by atomic mass is 16.6. The van der Waals surface area contributed by atoms with Crippen molar-refractivity contribution < 1.29 is 4.84 Å². The molecule has 0 aliphatic carbocycles. The van der Waals surface area contributed by atoms with Crippen molar-refractivity contribution in [3.63, 3.8) is 0 Å². The van der Waals surface area contributed by atoms with E-state index in [1.54, 1.807) is 0 Å². The maximum absolute atomic E-state index is 4.97. The highest BCUT2D eigenvalue weighted by Crippen LogP contribution is 2.22. The zero-order valence-corrected chi connectivity index (χ0v) is 9.92. The van der Waals surface area contributed by atoms with Gasteiger partial charge in [0.05, 0.1) is 6.61 Å². The van der Waals surface area contributed by atoms with E-state index in [9.17, 15) is 0 Å². The Labute approximate surface area is 92.4 Å². The van der Waals surface area contributed by atoms with Gasteiger partial charge in [0.25, 0.3) is 0 Å². The van der Waals surface area contributed by atoms with E-state index < -0.39 is 0 Å². The maximum atomic E-state index is 4.97. The van der Waals surface area contributed by atoms with Crippen molar-refractivity contribution in [1.29, 1.82) is 0 Å². The average molecular weight is 207 g/mol. The van der Waals surface area contributed by atoms with Gasteiger partial charge in [0.1, 0.15) is 0 Å². The smallest absolute Gasteiger partial charge is 0.0682 e. The maximum Gasteiger partial charge on any atom is 0.0682 e. The summed E-state index contributed by atoms with van der Waals surface area (Å²) >= 11 is 0. The molecule has 2 heteroatoms. The first-order chi connectivity index (χ1) is 7.04. The summed E-state index contributed by atoms with van der Waals surface area (Å²) in [7, 11) is 0. The second-order valence-corrected chi connectivity index (χ2v) is 4.92. The van der Waals surface area contributed by atoms with Crippen LogP contribution in [0.25, 0.3) is 0 Å². The van der Waals surface area contributed by atoms with Crippen molar-refractivity contribution in [2.45, 2.75) is 39.0 Å². The molecule has 0 heterocycles. The SMILES string of the molecule is CC(C)(C)c1ccc(CCCON)cc1. The van der Waals surface area contributed by atoms with Crippen LogP contribution in [-0.4, -0.2) is 6.61 Å². The molecule has 1 rings (SSSR count). The molecule has 2 N–H and O–H groups in total. The molecule has 2 nitrogen and oxygen atoms in total. The Morgan fingerprint density at radius 3 is 2.20 bits per heavy atom. The summed E-state index contributed by atoms with van der Waals surface area (Å²) in [4.78, 5) is 4.54. The van der Waals surface area contributed by atoms with Gasteiger partial charge in [0, 0.05) is 0 Å². The summed E-state index contributed by atoms with van der Waals surface area (Å²) in [6.07, 6.45) is 2.01. The summed E-state index contributed by atoms with van der Waals surface area (Å²) < 4.78 is 0. The molecule has 15 heavy (non-hydrogen) atoms. The first kappa shape index (κ1) is 12.2. The third-order valence-corrected chi connectivity index (χ3v) is 2.55. The van der Waals surface area contributed by atoms with E-state index in [2.05, 4.69) is 49.9 Å². The van der Waals surface area contributed by atoms with Crippen molar-refractivity contribution in [2.24, 2.45) is 5.90 Å². The fourth-order valence-corrected chi connectivity index (χ4v) is 1.53. The van der Waals surface area contributed by atoms with E-state index in [1.165, 1.54) is 11.1 Å². The number of hydrogen-bond acceptors (Lipinski definition) is 2. The monoisotopic (exact) mass is 207 g/mol. The Bertz CT molecular complexity index is 284. The van der Waals surface area contributed by atoms with Gasteiger partial charge in [-0.3, -0.25) is 0 Å². The molecule has 1 aromatic rings. The van der Waals surface area contributed by atoms with Crippen molar-refractivity contribution in [1.82, 2.24) is 0 Å². The minimum atomic E-state index is 0.235. The summed E-state index contributed by atoms with van der Waals surface area (Å²) in [5.74, 6) is 4.97. The molecular formula is C13H21NO. The fraction of sp³-hybridized carbons (Fsp3) is 0.538. The lowest BCUT2D eigenvalue weighted by Crippen LogP contribution is -2.10. The normalized spacial score (nSPS) is 11.7. The van der Waals surface area contributed by atoms with Crippen LogP contribution in [0, 0.1) is 0 Å². The zero-order chi connectivity index (χ0) is 11.3. The molecule has 0 aliphatic heterocycles. The Morgan fingerprint density at radius 1 is 1.13 bits per heavy atom. The second-order valence-electron chi connectivity index (χ2n) is 4.92. The fourth-order valence-electron chi connectivity index (χ4n) is 1.53. The molecule has 0 aliphatic rings. The topological polar surface area (TPSA) is 35.2 Å². The first-order valence-corrected chi connectivity index (χ1v) is 5.45. The van der Waals surface area contributed by atoms with Crippen LogP contribution < -0.4 is 5.90 Å². The summed E-state index contributed by atoms with van der Waals surface area (Å²) in [6, 6.07) is 8.80. The molecule has 0 unspecified atom stereocenters. The van der Waals surface area contributed by atoms with Crippen molar-refractivity contribution >= 4 is 0 Å². The summed E-state index contributed by atoms with van der Waals surface area (Å²) in [5.41, 5.74) is 2.96. The van der Waals surface area contributed by atoms with Crippen molar-refractivity contribution in [3.05, 3.63) is 35.4 Å². The van der Waals surface area contributed by atoms with Crippen LogP contribution in [0.1, 0.15) is 38.3 Å². The Balaban J connectivity index is 2.57. The average Bonchev–Trinajstić information content (AvgIpc) is 2.18. The predicted octanol–water partition coefficient (Wildman–Crippen LogP) is 2.81. The highest BCUT2D eigenvalue weighted by molar-refractivity contribution is 5.27. The van der Waals surface area contributed by atoms with E-state index >= 15 is 0 Å². The van der Waals surface area contributed by atoms with Crippen LogP contribution in [0.4, 0.5) is 0 Å². The van der Waals surface area contributed by atoms with Crippen LogP contribution in [0.5, 0.6) is 0 Å². The standard InChI is InChI=1S/C13H21NO/c1-13(2,3)12-8-6-11(7-9-12)5-4-10-15-14/h6-9H,4-5,10,14H2,1-3H3. The van der Waals surface area contributed by atoms with Gasteiger partial charge in [-0.1, -0.05) is 45.0 Å². The molecule has 0 bridgehead atoms. The van der Waals surface area contributed by atoms with Gasteiger partial charge in [-0.15, -0.1) is 0 Å². The van der Waals surface area contributed by atoms with Crippen LogP contribution >= 0.6 is 0 Å². The molecule has 1 aromatic carbocycles. The van der Waals surface area contributed by atoms with Gasteiger partial charge in [0.2, 0.25) is 0 Å². The van der Waals surface area contributed by atoms with Crippen LogP contribution in [0.2, 0.25) is 0 Å². The molecule has 0 aromatic heterocycles. The second kappa shape index (κ2) is 5.29. The first-order valence-electron chi connectivity index (χ1n) is 5.45. The Kier molecular flexibility index (Phi) is 4.30. The number of benzene rings is 1. The number of rotatable bonds is 4. The molecule has 0 spiro atoms. The van der Waals surface area contributed by atoms with E-state index in [0.717, 1.165) is 12.8 Å². The Hall–Kier alpha value is -0.860. The van der Waals surface area contributed by atoms with E-state index in [-0.39, 0.29) is 5.41 Å². The molecule has 84 valence electrons. The van der Waals surface area contributed by atoms with Crippen LogP contribution in [0.15, 0.2) is 24.3 Å². The Morgan fingerprint density at radius 2 is 1.73 bits per heavy atom. The predicted molar refractivity (Wildman–Crippen MR) is 63.6 cm³/mol. The van der Waals surface area contributed by atoms with Crippen molar-refractivity contribution in [3.8, 4) is 0 Å². The molecule has 0 atom stereocenters. The van der Waals surface area contributed by atoms with Crippen LogP contribution in [-0.2, 0) is 16.7 Å². The zero-order valence-electron chi connectivity index (χ0n) is 9.92. The molecule has 0 radical (unpaired) electrons. The van der Waals surface area contributed by atoms with Crippen LogP contribution in [0.3, 0.4) is 0 Å². The van der Waals surface area contributed by atoms with Gasteiger partial charge in [0.15, 0.2) is 0 Å². The lowest BCUT2D eigenvalue weighted by atomic mass is 9.86. The van der Waals surface area contributed by atoms with Gasteiger partial charge in [-0.25, -0.2) is 5.90 Å². The third kappa shape index (κ3) is 4.02. The molecular weight excluding hydrogens is 186 g/mol. The van der Waals surface area contributed by atoms with E-state index in [4.69, 9.17) is 5.90 Å². The van der Waals surface area contributed by atoms with Gasteiger partial charge in [-0.05, 0) is 29.4 Å². The van der Waals surface area contributed by atoms with E-state index in [0.29, 0.717) is 6.61 Å². The summed E-state index contributed by atoms with van der Waals surface area (Å²) in [6.45, 7) is 7.31. The van der Waals surface area contributed by atoms with E-state index in [1.807, 2.05) is 0 Å². The summed E-state index contributed by atoms with van der Waals surface area (Å²) in [5, 5.41) is 0. The minimum Gasteiger partial charge on any atom is -0.305 e. The van der Waals surface area contributed by atoms with Gasteiger partial charge >= 0.3 is 0 Å². The quantitative estimate of drug-likeness (QED) is 0.608. The lowest BCUT2D eigenvalue weighted by molar-refractivity contribution is 0.135. The minimum absolute atomic E-state index is 0.235. The molecule has 0 fully saturated rings.